The Labute approximate surface area is 161 Å². The van der Waals surface area contributed by atoms with Crippen LogP contribution in [0.15, 0.2) is 41.6 Å². The normalized spacial score (nSPS) is 12.0. The third-order valence-electron chi connectivity index (χ3n) is 4.34. The second-order valence-corrected chi connectivity index (χ2v) is 7.61. The first kappa shape index (κ1) is 19.0. The minimum absolute atomic E-state index is 0.251. The molecule has 3 aromatic rings. The quantitative estimate of drug-likeness (QED) is 0.676. The number of aryl methyl sites for hydroxylation is 2. The SMILES string of the molecule is Cc1ccc(NC(=O)C(C)Sc2nnnn2-c2cccc(C)c2C)cc1F. The summed E-state index contributed by atoms with van der Waals surface area (Å²) in [6.07, 6.45) is 0. The van der Waals surface area contributed by atoms with Gasteiger partial charge in [0.15, 0.2) is 0 Å². The van der Waals surface area contributed by atoms with Crippen LogP contribution in [0.2, 0.25) is 0 Å². The average Bonchev–Trinajstić information content (AvgIpc) is 3.08. The molecule has 0 aliphatic carbocycles. The molecule has 8 heteroatoms. The fraction of sp³-hybridized carbons (Fsp3) is 0.263. The van der Waals surface area contributed by atoms with Gasteiger partial charge in [-0.15, -0.1) is 5.10 Å². The monoisotopic (exact) mass is 385 g/mol. The number of hydrogen-bond donors (Lipinski definition) is 1. The van der Waals surface area contributed by atoms with Crippen LogP contribution in [-0.4, -0.2) is 31.4 Å². The van der Waals surface area contributed by atoms with Crippen molar-refractivity contribution >= 4 is 23.4 Å². The van der Waals surface area contributed by atoms with Gasteiger partial charge in [0.2, 0.25) is 11.1 Å². The van der Waals surface area contributed by atoms with E-state index >= 15 is 0 Å². The number of anilines is 1. The molecule has 0 saturated carbocycles. The summed E-state index contributed by atoms with van der Waals surface area (Å²) in [5, 5.41) is 14.6. The van der Waals surface area contributed by atoms with Crippen LogP contribution in [-0.2, 0) is 4.79 Å². The summed E-state index contributed by atoms with van der Waals surface area (Å²) in [4.78, 5) is 12.5. The van der Waals surface area contributed by atoms with Crippen molar-refractivity contribution in [3.05, 3.63) is 58.9 Å². The zero-order chi connectivity index (χ0) is 19.6. The Hall–Kier alpha value is -2.74. The molecule has 1 aromatic heterocycles. The first-order valence-electron chi connectivity index (χ1n) is 8.45. The number of halogens is 1. The number of hydrogen-bond acceptors (Lipinski definition) is 5. The van der Waals surface area contributed by atoms with E-state index < -0.39 is 5.25 Å². The molecule has 0 fully saturated rings. The van der Waals surface area contributed by atoms with Crippen LogP contribution in [0.5, 0.6) is 0 Å². The van der Waals surface area contributed by atoms with Gasteiger partial charge in [-0.2, -0.15) is 4.68 Å². The van der Waals surface area contributed by atoms with Crippen LogP contribution in [0.4, 0.5) is 10.1 Å². The van der Waals surface area contributed by atoms with Crippen molar-refractivity contribution in [2.75, 3.05) is 5.32 Å². The number of carbonyl (C=O) groups is 1. The number of benzene rings is 2. The molecular weight excluding hydrogens is 365 g/mol. The molecule has 0 saturated heterocycles. The topological polar surface area (TPSA) is 72.7 Å². The van der Waals surface area contributed by atoms with Gasteiger partial charge < -0.3 is 5.32 Å². The van der Waals surface area contributed by atoms with Crippen LogP contribution < -0.4 is 5.32 Å². The number of aromatic nitrogens is 4. The molecule has 2 aromatic carbocycles. The van der Waals surface area contributed by atoms with Gasteiger partial charge in [0, 0.05) is 5.69 Å². The summed E-state index contributed by atoms with van der Waals surface area (Å²) < 4.78 is 15.3. The molecule has 1 N–H and O–H groups in total. The first-order chi connectivity index (χ1) is 12.9. The summed E-state index contributed by atoms with van der Waals surface area (Å²) in [5.41, 5.74) is 4.02. The molecule has 3 rings (SSSR count). The van der Waals surface area contributed by atoms with Crippen molar-refractivity contribution in [2.45, 2.75) is 38.1 Å². The summed E-state index contributed by atoms with van der Waals surface area (Å²) in [7, 11) is 0. The molecule has 0 bridgehead atoms. The smallest absolute Gasteiger partial charge is 0.237 e. The molecule has 0 aliphatic rings. The highest BCUT2D eigenvalue weighted by Crippen LogP contribution is 2.26. The minimum atomic E-state index is -0.468. The number of rotatable bonds is 5. The number of nitrogens with one attached hydrogen (secondary N) is 1. The minimum Gasteiger partial charge on any atom is -0.325 e. The van der Waals surface area contributed by atoms with Crippen molar-refractivity contribution in [3.63, 3.8) is 0 Å². The van der Waals surface area contributed by atoms with Gasteiger partial charge in [0.05, 0.1) is 10.9 Å². The Balaban J connectivity index is 1.76. The zero-order valence-electron chi connectivity index (χ0n) is 15.5. The zero-order valence-corrected chi connectivity index (χ0v) is 16.3. The fourth-order valence-corrected chi connectivity index (χ4v) is 3.30. The fourth-order valence-electron chi connectivity index (χ4n) is 2.49. The van der Waals surface area contributed by atoms with Gasteiger partial charge in [0.1, 0.15) is 5.82 Å². The van der Waals surface area contributed by atoms with E-state index in [1.165, 1.54) is 17.8 Å². The highest BCUT2D eigenvalue weighted by atomic mass is 32.2. The molecular formula is C19H20FN5OS. The third-order valence-corrected chi connectivity index (χ3v) is 5.37. The Morgan fingerprint density at radius 2 is 1.96 bits per heavy atom. The Kier molecular flexibility index (Phi) is 5.55. The van der Waals surface area contributed by atoms with Crippen molar-refractivity contribution < 1.29 is 9.18 Å². The lowest BCUT2D eigenvalue weighted by Crippen LogP contribution is -2.23. The van der Waals surface area contributed by atoms with Crippen molar-refractivity contribution in [1.82, 2.24) is 20.2 Å². The van der Waals surface area contributed by atoms with E-state index in [9.17, 15) is 9.18 Å². The second-order valence-electron chi connectivity index (χ2n) is 6.31. The van der Waals surface area contributed by atoms with E-state index in [0.29, 0.717) is 16.4 Å². The van der Waals surface area contributed by atoms with Gasteiger partial charge in [-0.05, 0) is 73.0 Å². The number of nitrogens with zero attached hydrogens (tertiary/aromatic N) is 4. The van der Waals surface area contributed by atoms with Gasteiger partial charge in [-0.25, -0.2) is 4.39 Å². The molecule has 140 valence electrons. The summed E-state index contributed by atoms with van der Waals surface area (Å²) in [6, 6.07) is 10.5. The van der Waals surface area contributed by atoms with Crippen molar-refractivity contribution in [3.8, 4) is 5.69 Å². The first-order valence-corrected chi connectivity index (χ1v) is 9.33. The highest BCUT2D eigenvalue weighted by Gasteiger charge is 2.20. The van der Waals surface area contributed by atoms with Crippen LogP contribution in [0.1, 0.15) is 23.6 Å². The molecule has 0 spiro atoms. The largest absolute Gasteiger partial charge is 0.325 e. The number of thioether (sulfide) groups is 1. The molecule has 0 aliphatic heterocycles. The standard InChI is InChI=1S/C19H20FN5OS/c1-11-6-5-7-17(13(11)3)25-19(22-23-24-25)27-14(4)18(26)21-15-9-8-12(2)16(20)10-15/h5-10,14H,1-4H3,(H,21,26). The van der Waals surface area contributed by atoms with Crippen molar-refractivity contribution in [2.24, 2.45) is 0 Å². The summed E-state index contributed by atoms with van der Waals surface area (Å²) >= 11 is 1.24. The molecule has 0 radical (unpaired) electrons. The van der Waals surface area contributed by atoms with E-state index in [1.54, 1.807) is 30.7 Å². The number of carbonyl (C=O) groups excluding carboxylic acids is 1. The van der Waals surface area contributed by atoms with Crippen LogP contribution in [0.3, 0.4) is 0 Å². The predicted molar refractivity (Wildman–Crippen MR) is 104 cm³/mol. The number of tetrazole rings is 1. The van der Waals surface area contributed by atoms with Crippen LogP contribution in [0, 0.1) is 26.6 Å². The maximum Gasteiger partial charge on any atom is 0.237 e. The van der Waals surface area contributed by atoms with E-state index in [-0.39, 0.29) is 11.7 Å². The average molecular weight is 385 g/mol. The van der Waals surface area contributed by atoms with Crippen molar-refractivity contribution in [1.29, 1.82) is 0 Å². The molecule has 1 unspecified atom stereocenters. The van der Waals surface area contributed by atoms with Gasteiger partial charge in [-0.3, -0.25) is 4.79 Å². The maximum absolute atomic E-state index is 13.7. The molecule has 27 heavy (non-hydrogen) atoms. The molecule has 1 heterocycles. The number of amides is 1. The van der Waals surface area contributed by atoms with E-state index in [4.69, 9.17) is 0 Å². The van der Waals surface area contributed by atoms with Gasteiger partial charge >= 0.3 is 0 Å². The van der Waals surface area contributed by atoms with E-state index in [1.807, 2.05) is 32.0 Å². The lowest BCUT2D eigenvalue weighted by Gasteiger charge is -2.13. The summed E-state index contributed by atoms with van der Waals surface area (Å²) in [5.74, 6) is -0.606. The Morgan fingerprint density at radius 1 is 1.19 bits per heavy atom. The third kappa shape index (κ3) is 4.16. The lowest BCUT2D eigenvalue weighted by atomic mass is 10.1. The van der Waals surface area contributed by atoms with E-state index in [2.05, 4.69) is 20.8 Å². The second kappa shape index (κ2) is 7.87. The summed E-state index contributed by atoms with van der Waals surface area (Å²) in [6.45, 7) is 7.45. The molecule has 1 amide bonds. The predicted octanol–water partition coefficient (Wildman–Crippen LogP) is 3.85. The van der Waals surface area contributed by atoms with E-state index in [0.717, 1.165) is 16.8 Å². The Morgan fingerprint density at radius 3 is 2.70 bits per heavy atom. The maximum atomic E-state index is 13.7. The molecule has 6 nitrogen and oxygen atoms in total. The van der Waals surface area contributed by atoms with Gasteiger partial charge in [-0.1, -0.05) is 30.0 Å². The molecule has 1 atom stereocenters. The van der Waals surface area contributed by atoms with Crippen LogP contribution >= 0.6 is 11.8 Å². The highest BCUT2D eigenvalue weighted by molar-refractivity contribution is 8.00. The van der Waals surface area contributed by atoms with Crippen LogP contribution in [0.25, 0.3) is 5.69 Å². The Bertz CT molecular complexity index is 988. The van der Waals surface area contributed by atoms with Gasteiger partial charge in [0.25, 0.3) is 0 Å². The lowest BCUT2D eigenvalue weighted by molar-refractivity contribution is -0.115.